The number of carbonyl (C=O) groups excluding carboxylic acids is 1. The fraction of sp³-hybridized carbons (Fsp3) is 0.471. The highest BCUT2D eigenvalue weighted by Crippen LogP contribution is 2.71. The van der Waals surface area contributed by atoms with Crippen molar-refractivity contribution in [2.45, 2.75) is 29.8 Å². The molecule has 1 aliphatic heterocycles. The van der Waals surface area contributed by atoms with Crippen LogP contribution in [0.25, 0.3) is 11.2 Å². The number of anilines is 1. The maximum Gasteiger partial charge on any atom is 0.509 e. The molecule has 13 nitrogen and oxygen atoms in total. The first-order valence-corrected chi connectivity index (χ1v) is 12.5. The lowest BCUT2D eigenvalue weighted by atomic mass is 10.0. The van der Waals surface area contributed by atoms with Crippen molar-refractivity contribution in [2.75, 3.05) is 18.6 Å². The zero-order valence-corrected chi connectivity index (χ0v) is 18.3. The second-order valence-corrected chi connectivity index (χ2v) is 10.5. The molecule has 3 N–H and O–H groups in total. The molecule has 168 valence electrons. The van der Waals surface area contributed by atoms with Crippen LogP contribution in [0.3, 0.4) is 0 Å². The van der Waals surface area contributed by atoms with Gasteiger partial charge in [-0.15, -0.1) is 0 Å². The summed E-state index contributed by atoms with van der Waals surface area (Å²) in [7, 11) is -4.14. The molecule has 0 amide bonds. The highest BCUT2D eigenvalue weighted by atomic mass is 32.2. The minimum atomic E-state index is -4.14. The van der Waals surface area contributed by atoms with Crippen LogP contribution in [0, 0.1) is 11.3 Å². The van der Waals surface area contributed by atoms with E-state index in [0.717, 1.165) is 4.34 Å². The van der Waals surface area contributed by atoms with Gasteiger partial charge in [0.1, 0.15) is 11.8 Å². The maximum absolute atomic E-state index is 12.6. The van der Waals surface area contributed by atoms with E-state index in [2.05, 4.69) is 19.9 Å². The van der Waals surface area contributed by atoms with Crippen molar-refractivity contribution in [3.8, 4) is 0 Å². The Morgan fingerprint density at radius 2 is 2.25 bits per heavy atom. The van der Waals surface area contributed by atoms with E-state index >= 15 is 0 Å². The topological polar surface area (TPSA) is 170 Å². The lowest BCUT2D eigenvalue weighted by Gasteiger charge is -2.22. The Kier molecular flexibility index (Phi) is 4.16. The summed E-state index contributed by atoms with van der Waals surface area (Å²) in [6, 6.07) is -0.338. The number of nitrogen functional groups attached to an aromatic ring is 1. The van der Waals surface area contributed by atoms with Gasteiger partial charge in [-0.2, -0.15) is 0 Å². The molecule has 0 spiro atoms. The van der Waals surface area contributed by atoms with Crippen LogP contribution in [0.5, 0.6) is 0 Å². The van der Waals surface area contributed by atoms with E-state index in [1.165, 1.54) is 30.5 Å². The van der Waals surface area contributed by atoms with E-state index in [-0.39, 0.29) is 24.4 Å². The molecule has 0 bridgehead atoms. The number of aromatic nitrogens is 6. The average molecular weight is 479 g/mol. The summed E-state index contributed by atoms with van der Waals surface area (Å²) in [5.41, 5.74) is 6.38. The molecule has 3 aromatic rings. The summed E-state index contributed by atoms with van der Waals surface area (Å²) in [6.45, 7) is -0.0856. The van der Waals surface area contributed by atoms with Crippen molar-refractivity contribution in [3.63, 3.8) is 0 Å². The van der Waals surface area contributed by atoms with Gasteiger partial charge < -0.3 is 24.7 Å². The van der Waals surface area contributed by atoms with E-state index in [1.54, 1.807) is 6.33 Å². The number of thioether (sulfide) groups is 1. The van der Waals surface area contributed by atoms with E-state index < -0.39 is 31.5 Å². The smallest absolute Gasteiger partial charge is 0.426 e. The van der Waals surface area contributed by atoms with Gasteiger partial charge in [0.2, 0.25) is 0 Å². The molecular weight excluding hydrogens is 461 g/mol. The van der Waals surface area contributed by atoms with Crippen molar-refractivity contribution < 1.29 is 28.3 Å². The lowest BCUT2D eigenvalue weighted by Crippen LogP contribution is -2.33. The number of imidazole rings is 2. The minimum absolute atomic E-state index is 0.0419. The molecule has 0 radical (unpaired) electrons. The number of rotatable bonds is 6. The van der Waals surface area contributed by atoms with Gasteiger partial charge in [0, 0.05) is 17.8 Å². The minimum Gasteiger partial charge on any atom is -0.426 e. The van der Waals surface area contributed by atoms with E-state index in [0.29, 0.717) is 22.7 Å². The van der Waals surface area contributed by atoms with Crippen LogP contribution < -0.4 is 5.73 Å². The van der Waals surface area contributed by atoms with Crippen LogP contribution in [-0.2, 0) is 18.6 Å². The molecule has 2 saturated carbocycles. The highest BCUT2D eigenvalue weighted by molar-refractivity contribution is 7.98. The molecule has 32 heavy (non-hydrogen) atoms. The zero-order valence-electron chi connectivity index (χ0n) is 16.6. The van der Waals surface area contributed by atoms with E-state index in [4.69, 9.17) is 19.7 Å². The van der Waals surface area contributed by atoms with Crippen LogP contribution in [0.15, 0.2) is 30.2 Å². The van der Waals surface area contributed by atoms with E-state index in [1.807, 2.05) is 10.8 Å². The Bertz CT molecular complexity index is 1280. The largest absolute Gasteiger partial charge is 0.509 e. The summed E-state index contributed by atoms with van der Waals surface area (Å²) in [5.74, 6) is 0.221. The Hall–Kier alpha value is -2.67. The van der Waals surface area contributed by atoms with Gasteiger partial charge in [-0.1, -0.05) is 11.8 Å². The van der Waals surface area contributed by atoms with Crippen molar-refractivity contribution >= 4 is 42.6 Å². The number of hydrogen-bond donors (Lipinski definition) is 2. The zero-order chi connectivity index (χ0) is 22.3. The van der Waals surface area contributed by atoms with Crippen molar-refractivity contribution in [1.82, 2.24) is 28.8 Å². The van der Waals surface area contributed by atoms with Crippen LogP contribution in [0.2, 0.25) is 0 Å². The van der Waals surface area contributed by atoms with Gasteiger partial charge in [-0.25, -0.2) is 33.6 Å². The number of ether oxygens (including phenoxy) is 2. The van der Waals surface area contributed by atoms with Gasteiger partial charge in [-0.05, 0) is 18.6 Å². The Balaban J connectivity index is 1.35. The van der Waals surface area contributed by atoms with Crippen LogP contribution in [0.4, 0.5) is 10.6 Å². The van der Waals surface area contributed by atoms with E-state index in [9.17, 15) is 14.3 Å². The van der Waals surface area contributed by atoms with Gasteiger partial charge in [0.25, 0.3) is 0 Å². The normalized spacial score (nSPS) is 32.2. The van der Waals surface area contributed by atoms with Crippen molar-refractivity contribution in [2.24, 2.45) is 11.3 Å². The monoisotopic (exact) mass is 479 g/mol. The third-order valence-corrected chi connectivity index (χ3v) is 8.30. The van der Waals surface area contributed by atoms with Gasteiger partial charge >= 0.3 is 13.9 Å². The highest BCUT2D eigenvalue weighted by Gasteiger charge is 2.77. The van der Waals surface area contributed by atoms with Crippen LogP contribution in [-0.4, -0.2) is 65.0 Å². The quantitative estimate of drug-likeness (QED) is 0.226. The molecule has 1 saturated heterocycles. The number of nitrogens with two attached hydrogens (primary N) is 1. The molecule has 6 atom stereocenters. The first-order valence-electron chi connectivity index (χ1n) is 9.71. The van der Waals surface area contributed by atoms with Gasteiger partial charge in [0.05, 0.1) is 19.0 Å². The Morgan fingerprint density at radius 1 is 1.41 bits per heavy atom. The third-order valence-electron chi connectivity index (χ3n) is 6.46. The Labute approximate surface area is 184 Å². The van der Waals surface area contributed by atoms with Gasteiger partial charge in [-0.3, -0.25) is 4.52 Å². The van der Waals surface area contributed by atoms with Crippen molar-refractivity contribution in [1.29, 1.82) is 0 Å². The molecule has 6 rings (SSSR count). The number of carbonyl (C=O) groups is 1. The predicted octanol–water partition coefficient (Wildman–Crippen LogP) is 1.46. The summed E-state index contributed by atoms with van der Waals surface area (Å²) in [6.07, 6.45) is 6.02. The predicted molar refractivity (Wildman–Crippen MR) is 110 cm³/mol. The molecule has 1 unspecified atom stereocenters. The number of hydrogen-bond acceptors (Lipinski definition) is 11. The van der Waals surface area contributed by atoms with Crippen molar-refractivity contribution in [3.05, 3.63) is 25.0 Å². The second-order valence-electron chi connectivity index (χ2n) is 8.03. The standard InChI is InChI=1S/C17H18N7O6PS/c1-32-15-21-13(18)9-14(22-15)24(7-20-9)10-8-4-17(8,12-11(10)29-16(25)30-12)5-28-31(26,27)23-3-2-19-6-23/h2-3,6-8,10-12H,4-5H2,1H3,(H,26,27)(H2,18,21,22)/t8-,10-,11+,12+,17+/m1/s1. The maximum atomic E-state index is 12.6. The second kappa shape index (κ2) is 6.67. The molecule has 3 aliphatic rings. The van der Waals surface area contributed by atoms with Crippen LogP contribution in [0.1, 0.15) is 12.5 Å². The number of fused-ring (bicyclic) bond motifs is 4. The fourth-order valence-electron chi connectivity index (χ4n) is 4.93. The third kappa shape index (κ3) is 2.73. The van der Waals surface area contributed by atoms with Gasteiger partial charge in [0.15, 0.2) is 28.8 Å². The summed E-state index contributed by atoms with van der Waals surface area (Å²) in [4.78, 5) is 39.2. The summed E-state index contributed by atoms with van der Waals surface area (Å²) in [5, 5.41) is 0.498. The number of nitrogens with zero attached hydrogens (tertiary/aromatic N) is 6. The molecule has 2 aliphatic carbocycles. The molecule has 3 aromatic heterocycles. The fourth-order valence-corrected chi connectivity index (χ4v) is 6.26. The Morgan fingerprint density at radius 3 is 3.00 bits per heavy atom. The summed E-state index contributed by atoms with van der Waals surface area (Å²) >= 11 is 1.35. The molecule has 0 aromatic carbocycles. The van der Waals surface area contributed by atoms with Crippen LogP contribution >= 0.6 is 19.5 Å². The first-order chi connectivity index (χ1) is 15.3. The molecule has 15 heteroatoms. The molecule has 3 fully saturated rings. The summed E-state index contributed by atoms with van der Waals surface area (Å²) < 4.78 is 31.9. The molecule has 4 heterocycles. The lowest BCUT2D eigenvalue weighted by molar-refractivity contribution is 0.0609. The molecular formula is C17H18N7O6PS. The SMILES string of the molecule is CSc1nc(N)c2ncn([C@H]3[C@@H]4OC(=O)O[C@@H]4[C@]4(COP(=O)(O)n5ccnc5)C[C@H]34)c2n1. The first kappa shape index (κ1) is 20.0. The average Bonchev–Trinajstić information content (AvgIpc) is 3.24.